The van der Waals surface area contributed by atoms with Crippen LogP contribution in [0.2, 0.25) is 5.02 Å². The molecule has 0 aliphatic heterocycles. The summed E-state index contributed by atoms with van der Waals surface area (Å²) in [5.41, 5.74) is 6.67. The van der Waals surface area contributed by atoms with E-state index in [0.717, 1.165) is 12.0 Å². The molecule has 4 heteroatoms. The molecule has 1 aromatic carbocycles. The van der Waals surface area contributed by atoms with Crippen LogP contribution < -0.4 is 5.73 Å². The summed E-state index contributed by atoms with van der Waals surface area (Å²) >= 11 is 5.85. The molecule has 0 spiro atoms. The summed E-state index contributed by atoms with van der Waals surface area (Å²) in [6.45, 7) is 0.615. The maximum atomic E-state index is 9.94. The van der Waals surface area contributed by atoms with Gasteiger partial charge in [0.25, 0.3) is 0 Å². The molecule has 16 heavy (non-hydrogen) atoms. The number of methoxy groups -OCH3 is 1. The number of rotatable bonds is 6. The first-order valence-electron chi connectivity index (χ1n) is 5.31. The standard InChI is InChI=1S/C12H18ClNO2/c1-16-6-5-11(14)8-12(15)9-3-2-4-10(13)7-9/h2-4,7,11-12,15H,5-6,8,14H2,1H3. The van der Waals surface area contributed by atoms with Gasteiger partial charge in [-0.05, 0) is 30.5 Å². The van der Waals surface area contributed by atoms with E-state index in [1.165, 1.54) is 0 Å². The van der Waals surface area contributed by atoms with E-state index >= 15 is 0 Å². The van der Waals surface area contributed by atoms with Crippen LogP contribution in [0.1, 0.15) is 24.5 Å². The van der Waals surface area contributed by atoms with Gasteiger partial charge in [-0.2, -0.15) is 0 Å². The normalized spacial score (nSPS) is 14.8. The van der Waals surface area contributed by atoms with Crippen LogP contribution in [0.5, 0.6) is 0 Å². The Labute approximate surface area is 101 Å². The van der Waals surface area contributed by atoms with E-state index in [1.54, 1.807) is 19.2 Å². The molecule has 90 valence electrons. The second-order valence-electron chi connectivity index (χ2n) is 3.85. The number of hydrogen-bond donors (Lipinski definition) is 2. The smallest absolute Gasteiger partial charge is 0.0805 e. The van der Waals surface area contributed by atoms with Gasteiger partial charge < -0.3 is 15.6 Å². The highest BCUT2D eigenvalue weighted by molar-refractivity contribution is 6.30. The number of aliphatic hydroxyl groups is 1. The predicted octanol–water partition coefficient (Wildman–Crippen LogP) is 2.13. The van der Waals surface area contributed by atoms with Crippen molar-refractivity contribution in [3.8, 4) is 0 Å². The van der Waals surface area contributed by atoms with Crippen molar-refractivity contribution in [2.24, 2.45) is 5.73 Å². The largest absolute Gasteiger partial charge is 0.388 e. The molecule has 2 unspecified atom stereocenters. The minimum atomic E-state index is -0.564. The van der Waals surface area contributed by atoms with Crippen LogP contribution in [0.4, 0.5) is 0 Å². The van der Waals surface area contributed by atoms with E-state index in [0.29, 0.717) is 18.1 Å². The third-order valence-corrected chi connectivity index (χ3v) is 2.69. The summed E-state index contributed by atoms with van der Waals surface area (Å²) in [7, 11) is 1.64. The second kappa shape index (κ2) is 6.86. The van der Waals surface area contributed by atoms with Crippen molar-refractivity contribution in [1.29, 1.82) is 0 Å². The van der Waals surface area contributed by atoms with Crippen LogP contribution in [0, 0.1) is 0 Å². The summed E-state index contributed by atoms with van der Waals surface area (Å²) in [5, 5.41) is 10.6. The summed E-state index contributed by atoms with van der Waals surface area (Å²) < 4.78 is 4.94. The Hall–Kier alpha value is -0.610. The van der Waals surface area contributed by atoms with Gasteiger partial charge in [-0.1, -0.05) is 23.7 Å². The number of hydrogen-bond acceptors (Lipinski definition) is 3. The lowest BCUT2D eigenvalue weighted by atomic mass is 10.0. The molecule has 0 heterocycles. The van der Waals surface area contributed by atoms with E-state index in [9.17, 15) is 5.11 Å². The van der Waals surface area contributed by atoms with Crippen LogP contribution in [0.15, 0.2) is 24.3 Å². The number of nitrogens with two attached hydrogens (primary N) is 1. The maximum Gasteiger partial charge on any atom is 0.0805 e. The zero-order valence-corrected chi connectivity index (χ0v) is 10.2. The molecule has 0 amide bonds. The van der Waals surface area contributed by atoms with Gasteiger partial charge in [0.1, 0.15) is 0 Å². The Morgan fingerprint density at radius 1 is 1.50 bits per heavy atom. The molecule has 0 saturated carbocycles. The van der Waals surface area contributed by atoms with Crippen molar-refractivity contribution in [3.63, 3.8) is 0 Å². The van der Waals surface area contributed by atoms with Gasteiger partial charge in [0.05, 0.1) is 6.10 Å². The molecular weight excluding hydrogens is 226 g/mol. The lowest BCUT2D eigenvalue weighted by Gasteiger charge is -2.16. The number of ether oxygens (including phenoxy) is 1. The third kappa shape index (κ3) is 4.49. The third-order valence-electron chi connectivity index (χ3n) is 2.45. The molecule has 0 aromatic heterocycles. The highest BCUT2D eigenvalue weighted by Crippen LogP contribution is 2.21. The van der Waals surface area contributed by atoms with Crippen LogP contribution in [0.25, 0.3) is 0 Å². The van der Waals surface area contributed by atoms with Crippen LogP contribution in [-0.2, 0) is 4.74 Å². The van der Waals surface area contributed by atoms with Crippen molar-refractivity contribution in [1.82, 2.24) is 0 Å². The molecular formula is C12H18ClNO2. The molecule has 2 atom stereocenters. The quantitative estimate of drug-likeness (QED) is 0.805. The molecule has 0 saturated heterocycles. The second-order valence-corrected chi connectivity index (χ2v) is 4.28. The summed E-state index contributed by atoms with van der Waals surface area (Å²) in [6.07, 6.45) is 0.697. The maximum absolute atomic E-state index is 9.94. The fraction of sp³-hybridized carbons (Fsp3) is 0.500. The number of halogens is 1. The van der Waals surface area contributed by atoms with E-state index in [1.807, 2.05) is 12.1 Å². The van der Waals surface area contributed by atoms with Crippen LogP contribution in [0.3, 0.4) is 0 Å². The number of aliphatic hydroxyl groups excluding tert-OH is 1. The molecule has 0 bridgehead atoms. The van der Waals surface area contributed by atoms with Crippen molar-refractivity contribution < 1.29 is 9.84 Å². The van der Waals surface area contributed by atoms with Crippen molar-refractivity contribution in [2.75, 3.05) is 13.7 Å². The first-order chi connectivity index (χ1) is 7.63. The topological polar surface area (TPSA) is 55.5 Å². The van der Waals surface area contributed by atoms with E-state index in [4.69, 9.17) is 22.1 Å². The van der Waals surface area contributed by atoms with Crippen LogP contribution in [-0.4, -0.2) is 24.9 Å². The average Bonchev–Trinajstić information content (AvgIpc) is 2.26. The Kier molecular flexibility index (Phi) is 5.77. The zero-order chi connectivity index (χ0) is 12.0. The summed E-state index contributed by atoms with van der Waals surface area (Å²) in [5.74, 6) is 0. The predicted molar refractivity (Wildman–Crippen MR) is 65.5 cm³/mol. The first-order valence-corrected chi connectivity index (χ1v) is 5.69. The van der Waals surface area contributed by atoms with Gasteiger partial charge in [0.15, 0.2) is 0 Å². The highest BCUT2D eigenvalue weighted by atomic mass is 35.5. The fourth-order valence-electron chi connectivity index (χ4n) is 1.52. The Morgan fingerprint density at radius 2 is 2.25 bits per heavy atom. The molecule has 3 nitrogen and oxygen atoms in total. The fourth-order valence-corrected chi connectivity index (χ4v) is 1.72. The van der Waals surface area contributed by atoms with Gasteiger partial charge in [0.2, 0.25) is 0 Å². The monoisotopic (exact) mass is 243 g/mol. The SMILES string of the molecule is COCCC(N)CC(O)c1cccc(Cl)c1. The van der Waals surface area contributed by atoms with E-state index in [2.05, 4.69) is 0 Å². The molecule has 3 N–H and O–H groups in total. The summed E-state index contributed by atoms with van der Waals surface area (Å²) in [6, 6.07) is 7.15. The number of benzene rings is 1. The minimum absolute atomic E-state index is 0.0612. The Balaban J connectivity index is 2.48. The van der Waals surface area contributed by atoms with Gasteiger partial charge in [0, 0.05) is 24.8 Å². The first kappa shape index (κ1) is 13.5. The van der Waals surface area contributed by atoms with Gasteiger partial charge in [-0.3, -0.25) is 0 Å². The molecule has 0 aliphatic carbocycles. The van der Waals surface area contributed by atoms with Gasteiger partial charge >= 0.3 is 0 Å². The van der Waals surface area contributed by atoms with E-state index < -0.39 is 6.10 Å². The van der Waals surface area contributed by atoms with Gasteiger partial charge in [-0.25, -0.2) is 0 Å². The van der Waals surface area contributed by atoms with Gasteiger partial charge in [-0.15, -0.1) is 0 Å². The lowest BCUT2D eigenvalue weighted by Crippen LogP contribution is -2.24. The summed E-state index contributed by atoms with van der Waals surface area (Å²) in [4.78, 5) is 0. The molecule has 1 aromatic rings. The van der Waals surface area contributed by atoms with Crippen LogP contribution >= 0.6 is 11.6 Å². The molecule has 0 aliphatic rings. The lowest BCUT2D eigenvalue weighted by molar-refractivity contribution is 0.141. The minimum Gasteiger partial charge on any atom is -0.388 e. The molecule has 1 rings (SSSR count). The highest BCUT2D eigenvalue weighted by Gasteiger charge is 2.12. The molecule has 0 fully saturated rings. The van der Waals surface area contributed by atoms with Crippen molar-refractivity contribution in [3.05, 3.63) is 34.9 Å². The van der Waals surface area contributed by atoms with Crippen molar-refractivity contribution >= 4 is 11.6 Å². The Morgan fingerprint density at radius 3 is 2.88 bits per heavy atom. The molecule has 0 radical (unpaired) electrons. The zero-order valence-electron chi connectivity index (χ0n) is 9.40. The Bertz CT molecular complexity index is 320. The average molecular weight is 244 g/mol. The van der Waals surface area contributed by atoms with E-state index in [-0.39, 0.29) is 6.04 Å². The van der Waals surface area contributed by atoms with Crippen molar-refractivity contribution in [2.45, 2.75) is 25.0 Å².